The minimum Gasteiger partial charge on any atom is -0.338 e. The predicted octanol–water partition coefficient (Wildman–Crippen LogP) is 3.31. The third kappa shape index (κ3) is 3.78. The highest BCUT2D eigenvalue weighted by Gasteiger charge is 2.52. The molecule has 0 aliphatic carbocycles. The van der Waals surface area contributed by atoms with Gasteiger partial charge in [-0.05, 0) is 49.9 Å². The van der Waals surface area contributed by atoms with Crippen molar-refractivity contribution in [2.45, 2.75) is 38.8 Å². The standard InChI is InChI=1S/C23H23F2N3O3/c1-14-3-4-15(2)16(11-14)13-28-21(30)23(26-22(28)31)7-9-27(10-8-23)20(29)18-6-5-17(24)12-19(18)25/h3-6,11-12H,7-10,13H2,1-2H3,(H,26,31). The van der Waals surface area contributed by atoms with Crippen molar-refractivity contribution in [1.82, 2.24) is 15.1 Å². The van der Waals surface area contributed by atoms with Crippen LogP contribution in [0.2, 0.25) is 0 Å². The van der Waals surface area contributed by atoms with Gasteiger partial charge in [-0.3, -0.25) is 14.5 Å². The lowest BCUT2D eigenvalue weighted by atomic mass is 9.87. The molecule has 2 fully saturated rings. The molecule has 31 heavy (non-hydrogen) atoms. The second kappa shape index (κ2) is 7.76. The van der Waals surface area contributed by atoms with Crippen molar-refractivity contribution in [2.24, 2.45) is 0 Å². The Kier molecular flexibility index (Phi) is 5.24. The minimum atomic E-state index is -1.06. The number of halogens is 2. The third-order valence-corrected chi connectivity index (χ3v) is 6.14. The fourth-order valence-corrected chi connectivity index (χ4v) is 4.22. The molecule has 2 aromatic rings. The van der Waals surface area contributed by atoms with Gasteiger partial charge in [-0.15, -0.1) is 0 Å². The number of aryl methyl sites for hydroxylation is 2. The van der Waals surface area contributed by atoms with Crippen molar-refractivity contribution >= 4 is 17.8 Å². The molecular formula is C23H23F2N3O3. The molecule has 0 unspecified atom stereocenters. The Morgan fingerprint density at radius 2 is 1.77 bits per heavy atom. The summed E-state index contributed by atoms with van der Waals surface area (Å²) in [5, 5.41) is 2.82. The summed E-state index contributed by atoms with van der Waals surface area (Å²) in [6.07, 6.45) is 0.463. The summed E-state index contributed by atoms with van der Waals surface area (Å²) in [7, 11) is 0. The molecule has 1 spiro atoms. The Hall–Kier alpha value is -3.29. The van der Waals surface area contributed by atoms with E-state index in [0.29, 0.717) is 6.07 Å². The van der Waals surface area contributed by atoms with E-state index in [1.807, 2.05) is 32.0 Å². The zero-order valence-electron chi connectivity index (χ0n) is 17.4. The number of nitrogens with one attached hydrogen (secondary N) is 1. The van der Waals surface area contributed by atoms with E-state index < -0.39 is 29.1 Å². The maximum absolute atomic E-state index is 14.0. The molecule has 2 saturated heterocycles. The normalized spacial score (nSPS) is 17.9. The van der Waals surface area contributed by atoms with Gasteiger partial charge in [-0.25, -0.2) is 13.6 Å². The van der Waals surface area contributed by atoms with E-state index in [9.17, 15) is 23.2 Å². The van der Waals surface area contributed by atoms with Crippen LogP contribution in [0.4, 0.5) is 13.6 Å². The molecule has 0 radical (unpaired) electrons. The number of piperidine rings is 1. The Morgan fingerprint density at radius 3 is 2.45 bits per heavy atom. The van der Waals surface area contributed by atoms with E-state index in [-0.39, 0.29) is 43.9 Å². The Morgan fingerprint density at radius 1 is 1.06 bits per heavy atom. The first-order valence-electron chi connectivity index (χ1n) is 10.1. The molecule has 6 nitrogen and oxygen atoms in total. The third-order valence-electron chi connectivity index (χ3n) is 6.14. The van der Waals surface area contributed by atoms with Crippen LogP contribution in [0.25, 0.3) is 0 Å². The lowest BCUT2D eigenvalue weighted by Crippen LogP contribution is -2.55. The van der Waals surface area contributed by atoms with Gasteiger partial charge in [0.2, 0.25) is 0 Å². The molecule has 2 heterocycles. The van der Waals surface area contributed by atoms with Gasteiger partial charge in [0, 0.05) is 19.2 Å². The van der Waals surface area contributed by atoms with E-state index in [0.717, 1.165) is 28.8 Å². The smallest absolute Gasteiger partial charge is 0.325 e. The molecule has 0 saturated carbocycles. The lowest BCUT2D eigenvalue weighted by Gasteiger charge is -2.37. The molecule has 0 bridgehead atoms. The van der Waals surface area contributed by atoms with Crippen LogP contribution in [0.1, 0.15) is 39.9 Å². The number of urea groups is 1. The maximum Gasteiger partial charge on any atom is 0.325 e. The molecule has 2 aliphatic rings. The van der Waals surface area contributed by atoms with Crippen molar-refractivity contribution < 1.29 is 23.2 Å². The Bertz CT molecular complexity index is 1080. The van der Waals surface area contributed by atoms with Gasteiger partial charge in [-0.2, -0.15) is 0 Å². The first-order valence-corrected chi connectivity index (χ1v) is 10.1. The molecule has 0 atom stereocenters. The monoisotopic (exact) mass is 427 g/mol. The highest BCUT2D eigenvalue weighted by molar-refractivity contribution is 6.07. The van der Waals surface area contributed by atoms with Crippen molar-refractivity contribution in [3.8, 4) is 0 Å². The number of rotatable bonds is 3. The molecule has 1 N–H and O–H groups in total. The van der Waals surface area contributed by atoms with Crippen molar-refractivity contribution in [3.63, 3.8) is 0 Å². The molecule has 2 aliphatic heterocycles. The summed E-state index contributed by atoms with van der Waals surface area (Å²) in [4.78, 5) is 41.1. The number of carbonyl (C=O) groups is 3. The largest absolute Gasteiger partial charge is 0.338 e. The highest BCUT2D eigenvalue weighted by Crippen LogP contribution is 2.31. The van der Waals surface area contributed by atoms with Crippen LogP contribution in [0.5, 0.6) is 0 Å². The van der Waals surface area contributed by atoms with E-state index in [2.05, 4.69) is 5.32 Å². The van der Waals surface area contributed by atoms with Crippen LogP contribution in [0.3, 0.4) is 0 Å². The number of imide groups is 1. The lowest BCUT2D eigenvalue weighted by molar-refractivity contribution is -0.133. The summed E-state index contributed by atoms with van der Waals surface area (Å²) in [5.74, 6) is -2.54. The summed E-state index contributed by atoms with van der Waals surface area (Å²) >= 11 is 0. The van der Waals surface area contributed by atoms with E-state index in [1.54, 1.807) is 0 Å². The first-order chi connectivity index (χ1) is 14.7. The van der Waals surface area contributed by atoms with Crippen LogP contribution in [-0.2, 0) is 11.3 Å². The van der Waals surface area contributed by atoms with Gasteiger partial charge >= 0.3 is 6.03 Å². The van der Waals surface area contributed by atoms with Gasteiger partial charge < -0.3 is 10.2 Å². The van der Waals surface area contributed by atoms with Crippen molar-refractivity contribution in [3.05, 3.63) is 70.3 Å². The summed E-state index contributed by atoms with van der Waals surface area (Å²) in [6, 6.07) is 8.26. The van der Waals surface area contributed by atoms with E-state index in [4.69, 9.17) is 0 Å². The number of amides is 4. The van der Waals surface area contributed by atoms with Crippen molar-refractivity contribution in [1.29, 1.82) is 0 Å². The summed E-state index contributed by atoms with van der Waals surface area (Å²) in [5.41, 5.74) is 1.67. The zero-order valence-corrected chi connectivity index (χ0v) is 17.4. The van der Waals surface area contributed by atoms with Crippen LogP contribution in [0.15, 0.2) is 36.4 Å². The quantitative estimate of drug-likeness (QED) is 0.765. The fourth-order valence-electron chi connectivity index (χ4n) is 4.22. The van der Waals surface area contributed by atoms with Crippen LogP contribution in [-0.4, -0.2) is 46.3 Å². The minimum absolute atomic E-state index is 0.180. The molecule has 4 rings (SSSR count). The molecular weight excluding hydrogens is 404 g/mol. The summed E-state index contributed by atoms with van der Waals surface area (Å²) in [6.45, 7) is 4.43. The second-order valence-electron chi connectivity index (χ2n) is 8.25. The van der Waals surface area contributed by atoms with Gasteiger partial charge in [0.05, 0.1) is 12.1 Å². The number of hydrogen-bond donors (Lipinski definition) is 1. The SMILES string of the molecule is Cc1ccc(C)c(CN2C(=O)NC3(CCN(C(=O)c4ccc(F)cc4F)CC3)C2=O)c1. The van der Waals surface area contributed by atoms with Crippen LogP contribution < -0.4 is 5.32 Å². The molecule has 162 valence electrons. The Balaban J connectivity index is 1.47. The predicted molar refractivity (Wildman–Crippen MR) is 109 cm³/mol. The number of nitrogens with zero attached hydrogens (tertiary/aromatic N) is 2. The molecule has 0 aromatic heterocycles. The summed E-state index contributed by atoms with van der Waals surface area (Å²) < 4.78 is 27.1. The van der Waals surface area contributed by atoms with Gasteiger partial charge in [0.25, 0.3) is 11.8 Å². The second-order valence-corrected chi connectivity index (χ2v) is 8.25. The van der Waals surface area contributed by atoms with Crippen LogP contribution in [0, 0.1) is 25.5 Å². The van der Waals surface area contributed by atoms with Crippen LogP contribution >= 0.6 is 0 Å². The topological polar surface area (TPSA) is 69.7 Å². The number of carbonyl (C=O) groups excluding carboxylic acids is 3. The van der Waals surface area contributed by atoms with Gasteiger partial charge in [-0.1, -0.05) is 23.8 Å². The number of benzene rings is 2. The molecule has 2 aromatic carbocycles. The number of hydrogen-bond acceptors (Lipinski definition) is 3. The van der Waals surface area contributed by atoms with Gasteiger partial charge in [0.15, 0.2) is 0 Å². The van der Waals surface area contributed by atoms with Crippen molar-refractivity contribution in [2.75, 3.05) is 13.1 Å². The van der Waals surface area contributed by atoms with E-state index in [1.165, 1.54) is 9.80 Å². The van der Waals surface area contributed by atoms with Gasteiger partial charge in [0.1, 0.15) is 17.2 Å². The molecule has 8 heteroatoms. The highest BCUT2D eigenvalue weighted by atomic mass is 19.1. The molecule has 4 amide bonds. The fraction of sp³-hybridized carbons (Fsp3) is 0.348. The Labute approximate surface area is 178 Å². The zero-order chi connectivity index (χ0) is 22.3. The first kappa shape index (κ1) is 21.0. The number of likely N-dealkylation sites (tertiary alicyclic amines) is 1. The average Bonchev–Trinajstić information content (AvgIpc) is 2.95. The average molecular weight is 427 g/mol. The maximum atomic E-state index is 14.0. The van der Waals surface area contributed by atoms with E-state index >= 15 is 0 Å².